The van der Waals surface area contributed by atoms with Crippen LogP contribution in [0.4, 0.5) is 15.8 Å². The van der Waals surface area contributed by atoms with Gasteiger partial charge in [0.1, 0.15) is 5.82 Å². The molecule has 0 radical (unpaired) electrons. The van der Waals surface area contributed by atoms with Crippen molar-refractivity contribution in [2.75, 3.05) is 10.6 Å². The van der Waals surface area contributed by atoms with E-state index >= 15 is 0 Å². The largest absolute Gasteiger partial charge is 0.332 e. The summed E-state index contributed by atoms with van der Waals surface area (Å²) in [4.78, 5) is 0. The van der Waals surface area contributed by atoms with Crippen LogP contribution in [0.3, 0.4) is 0 Å². The van der Waals surface area contributed by atoms with E-state index in [1.54, 1.807) is 18.2 Å². The zero-order chi connectivity index (χ0) is 14.7. The zero-order valence-corrected chi connectivity index (χ0v) is 13.0. The molecule has 2 aromatic rings. The Labute approximate surface area is 135 Å². The molecule has 0 fully saturated rings. The number of thiocarbonyl (C=S) groups is 1. The highest BCUT2D eigenvalue weighted by atomic mass is 35.5. The molecule has 0 atom stereocenters. The van der Waals surface area contributed by atoms with Crippen LogP contribution in [-0.2, 0) is 0 Å². The van der Waals surface area contributed by atoms with Gasteiger partial charge in [-0.25, -0.2) is 4.39 Å². The van der Waals surface area contributed by atoms with Crippen molar-refractivity contribution < 1.29 is 4.39 Å². The summed E-state index contributed by atoms with van der Waals surface area (Å²) >= 11 is 22.6. The summed E-state index contributed by atoms with van der Waals surface area (Å²) in [6.45, 7) is 0. The SMILES string of the molecule is Fc1ccc(NC(=S)Nc2cc(Cl)cc(Cl)c2)cc1Cl. The number of hydrogen-bond acceptors (Lipinski definition) is 1. The van der Waals surface area contributed by atoms with Crippen LogP contribution in [0.1, 0.15) is 0 Å². The Kier molecular flexibility index (Phi) is 5.05. The topological polar surface area (TPSA) is 24.1 Å². The van der Waals surface area contributed by atoms with Gasteiger partial charge < -0.3 is 10.6 Å². The molecule has 0 saturated carbocycles. The van der Waals surface area contributed by atoms with Crippen LogP contribution in [0.25, 0.3) is 0 Å². The molecule has 7 heteroatoms. The molecule has 0 aliphatic rings. The van der Waals surface area contributed by atoms with Gasteiger partial charge in [0, 0.05) is 21.4 Å². The second kappa shape index (κ2) is 6.59. The third kappa shape index (κ3) is 4.21. The monoisotopic (exact) mass is 348 g/mol. The zero-order valence-electron chi connectivity index (χ0n) is 9.88. The lowest BCUT2D eigenvalue weighted by Gasteiger charge is -2.11. The van der Waals surface area contributed by atoms with Gasteiger partial charge in [-0.15, -0.1) is 0 Å². The highest BCUT2D eigenvalue weighted by Crippen LogP contribution is 2.23. The van der Waals surface area contributed by atoms with Gasteiger partial charge in [-0.3, -0.25) is 0 Å². The molecule has 0 spiro atoms. The van der Waals surface area contributed by atoms with Gasteiger partial charge in [0.05, 0.1) is 5.02 Å². The Hall–Kier alpha value is -1.07. The van der Waals surface area contributed by atoms with Crippen LogP contribution in [0, 0.1) is 5.82 Å². The first-order chi connectivity index (χ1) is 9.44. The fourth-order valence-electron chi connectivity index (χ4n) is 1.49. The molecule has 0 unspecified atom stereocenters. The van der Waals surface area contributed by atoms with Crippen molar-refractivity contribution in [3.05, 3.63) is 57.3 Å². The molecule has 2 nitrogen and oxygen atoms in total. The van der Waals surface area contributed by atoms with E-state index in [9.17, 15) is 4.39 Å². The third-order valence-corrected chi connectivity index (χ3v) is 3.23. The molecule has 20 heavy (non-hydrogen) atoms. The number of anilines is 2. The van der Waals surface area contributed by atoms with E-state index in [2.05, 4.69) is 10.6 Å². The Morgan fingerprint density at radius 3 is 2.10 bits per heavy atom. The first-order valence-corrected chi connectivity index (χ1v) is 6.97. The fraction of sp³-hybridized carbons (Fsp3) is 0. The van der Waals surface area contributed by atoms with Crippen molar-refractivity contribution in [3.8, 4) is 0 Å². The van der Waals surface area contributed by atoms with Gasteiger partial charge in [-0.05, 0) is 48.6 Å². The summed E-state index contributed by atoms with van der Waals surface area (Å²) < 4.78 is 13.0. The molecule has 0 amide bonds. The normalized spacial score (nSPS) is 10.2. The summed E-state index contributed by atoms with van der Waals surface area (Å²) in [6.07, 6.45) is 0. The molecule has 0 aliphatic heterocycles. The Morgan fingerprint density at radius 2 is 1.50 bits per heavy atom. The third-order valence-electron chi connectivity index (χ3n) is 2.30. The van der Waals surface area contributed by atoms with E-state index < -0.39 is 5.82 Å². The van der Waals surface area contributed by atoms with Gasteiger partial charge >= 0.3 is 0 Å². The maximum Gasteiger partial charge on any atom is 0.175 e. The van der Waals surface area contributed by atoms with Crippen molar-refractivity contribution in [1.29, 1.82) is 0 Å². The number of rotatable bonds is 2. The second-order valence-corrected chi connectivity index (χ2v) is 5.55. The summed E-state index contributed by atoms with van der Waals surface area (Å²) in [5.74, 6) is -0.488. The molecule has 2 rings (SSSR count). The lowest BCUT2D eigenvalue weighted by Crippen LogP contribution is -2.19. The minimum absolute atomic E-state index is 0.0172. The molecule has 0 heterocycles. The van der Waals surface area contributed by atoms with E-state index in [0.717, 1.165) is 0 Å². The molecule has 104 valence electrons. The van der Waals surface area contributed by atoms with E-state index in [4.69, 9.17) is 47.0 Å². The maximum absolute atomic E-state index is 13.0. The summed E-state index contributed by atoms with van der Waals surface area (Å²) in [6, 6.07) is 9.20. The molecule has 0 aliphatic carbocycles. The Balaban J connectivity index is 2.06. The van der Waals surface area contributed by atoms with Crippen LogP contribution in [0.2, 0.25) is 15.1 Å². The lowest BCUT2D eigenvalue weighted by atomic mass is 10.3. The van der Waals surface area contributed by atoms with Crippen molar-refractivity contribution in [1.82, 2.24) is 0 Å². The first kappa shape index (κ1) is 15.3. The predicted molar refractivity (Wildman–Crippen MR) is 87.7 cm³/mol. The first-order valence-electron chi connectivity index (χ1n) is 5.43. The Morgan fingerprint density at radius 1 is 0.900 bits per heavy atom. The van der Waals surface area contributed by atoms with Gasteiger partial charge in [0.2, 0.25) is 0 Å². The highest BCUT2D eigenvalue weighted by molar-refractivity contribution is 7.80. The van der Waals surface area contributed by atoms with Crippen molar-refractivity contribution in [2.24, 2.45) is 0 Å². The average Bonchev–Trinajstić information content (AvgIpc) is 2.32. The smallest absolute Gasteiger partial charge is 0.175 e. The maximum atomic E-state index is 13.0. The summed E-state index contributed by atoms with van der Waals surface area (Å²) in [7, 11) is 0. The van der Waals surface area contributed by atoms with E-state index in [-0.39, 0.29) is 5.02 Å². The second-order valence-electron chi connectivity index (χ2n) is 3.87. The van der Waals surface area contributed by atoms with E-state index in [0.29, 0.717) is 26.5 Å². The fourth-order valence-corrected chi connectivity index (χ4v) is 2.44. The van der Waals surface area contributed by atoms with Crippen molar-refractivity contribution in [2.45, 2.75) is 0 Å². The molecule has 2 aromatic carbocycles. The van der Waals surface area contributed by atoms with Gasteiger partial charge in [0.25, 0.3) is 0 Å². The summed E-state index contributed by atoms with van der Waals surface area (Å²) in [5.41, 5.74) is 1.22. The van der Waals surface area contributed by atoms with Crippen LogP contribution in [0.5, 0.6) is 0 Å². The van der Waals surface area contributed by atoms with Gasteiger partial charge in [0.15, 0.2) is 5.11 Å². The highest BCUT2D eigenvalue weighted by Gasteiger charge is 2.04. The molecule has 2 N–H and O–H groups in total. The van der Waals surface area contributed by atoms with E-state index in [1.165, 1.54) is 18.2 Å². The quantitative estimate of drug-likeness (QED) is 0.691. The minimum atomic E-state index is -0.488. The average molecular weight is 350 g/mol. The van der Waals surface area contributed by atoms with Crippen LogP contribution in [-0.4, -0.2) is 5.11 Å². The minimum Gasteiger partial charge on any atom is -0.332 e. The lowest BCUT2D eigenvalue weighted by molar-refractivity contribution is 0.628. The van der Waals surface area contributed by atoms with Crippen molar-refractivity contribution in [3.63, 3.8) is 0 Å². The molecular formula is C13H8Cl3FN2S. The Bertz CT molecular complexity index is 644. The van der Waals surface area contributed by atoms with Crippen molar-refractivity contribution >= 4 is 63.5 Å². The van der Waals surface area contributed by atoms with Gasteiger partial charge in [-0.1, -0.05) is 34.8 Å². The molecule has 0 saturated heterocycles. The summed E-state index contributed by atoms with van der Waals surface area (Å²) in [5, 5.41) is 7.12. The number of hydrogen-bond donors (Lipinski definition) is 2. The molecule has 0 bridgehead atoms. The van der Waals surface area contributed by atoms with Gasteiger partial charge in [-0.2, -0.15) is 0 Å². The van der Waals surface area contributed by atoms with Crippen LogP contribution < -0.4 is 10.6 Å². The van der Waals surface area contributed by atoms with Crippen LogP contribution in [0.15, 0.2) is 36.4 Å². The molecular weight excluding hydrogens is 342 g/mol. The van der Waals surface area contributed by atoms with Crippen LogP contribution >= 0.6 is 47.0 Å². The van der Waals surface area contributed by atoms with E-state index in [1.807, 2.05) is 0 Å². The number of benzene rings is 2. The number of halogens is 4. The number of nitrogens with one attached hydrogen (secondary N) is 2. The molecule has 0 aromatic heterocycles. The predicted octanol–water partition coefficient (Wildman–Crippen LogP) is 5.59. The standard InChI is InChI=1S/C13H8Cl3FN2S/c14-7-3-8(15)5-10(4-7)19-13(20)18-9-1-2-12(17)11(16)6-9/h1-6H,(H2,18,19,20).